The molecule has 0 saturated carbocycles. The molecular formula is C21H26N2O4. The Hall–Kier alpha value is -3.02. The van der Waals surface area contributed by atoms with Gasteiger partial charge in [0, 0.05) is 11.6 Å². The molecule has 0 heterocycles. The molecule has 1 N–H and O–H groups in total. The zero-order valence-electron chi connectivity index (χ0n) is 16.0. The first-order chi connectivity index (χ1) is 13.1. The number of benzene rings is 2. The number of aryl methyl sites for hydroxylation is 1. The molecule has 0 bridgehead atoms. The number of rotatable bonds is 10. The molecule has 1 atom stereocenters. The lowest BCUT2D eigenvalue weighted by Gasteiger charge is -2.13. The largest absolute Gasteiger partial charge is 0.493 e. The van der Waals surface area contributed by atoms with E-state index in [2.05, 4.69) is 22.6 Å². The van der Waals surface area contributed by atoms with Crippen molar-refractivity contribution in [3.05, 3.63) is 59.7 Å². The van der Waals surface area contributed by atoms with E-state index < -0.39 is 0 Å². The topological polar surface area (TPSA) is 69.2 Å². The van der Waals surface area contributed by atoms with Gasteiger partial charge in [-0.25, -0.2) is 0 Å². The minimum absolute atomic E-state index is 0.0659. The van der Waals surface area contributed by atoms with Gasteiger partial charge in [-0.05, 0) is 43.5 Å². The first kappa shape index (κ1) is 20.3. The molecule has 0 aromatic heterocycles. The third-order valence-electron chi connectivity index (χ3n) is 4.00. The molecule has 2 rings (SSSR count). The van der Waals surface area contributed by atoms with Gasteiger partial charge in [0.15, 0.2) is 18.1 Å². The van der Waals surface area contributed by atoms with Crippen LogP contribution < -0.4 is 14.8 Å². The summed E-state index contributed by atoms with van der Waals surface area (Å²) in [7, 11) is 3.15. The summed E-state index contributed by atoms with van der Waals surface area (Å²) in [5.41, 5.74) is 2.04. The Morgan fingerprint density at radius 2 is 1.85 bits per heavy atom. The summed E-state index contributed by atoms with van der Waals surface area (Å²) in [6.45, 7) is 1.85. The number of amides is 1. The molecule has 1 amide bonds. The minimum atomic E-state index is -0.194. The van der Waals surface area contributed by atoms with Gasteiger partial charge in [0.1, 0.15) is 0 Å². The molecule has 144 valence electrons. The summed E-state index contributed by atoms with van der Waals surface area (Å²) < 4.78 is 10.4. The molecule has 0 aliphatic carbocycles. The molecule has 0 fully saturated rings. The molecule has 0 saturated heterocycles. The maximum Gasteiger partial charge on any atom is 0.260 e. The van der Waals surface area contributed by atoms with Crippen molar-refractivity contribution in [2.75, 3.05) is 20.8 Å². The van der Waals surface area contributed by atoms with Crippen molar-refractivity contribution in [3.63, 3.8) is 0 Å². The van der Waals surface area contributed by atoms with E-state index in [1.165, 1.54) is 11.8 Å². The van der Waals surface area contributed by atoms with Crippen molar-refractivity contribution < 1.29 is 19.1 Å². The van der Waals surface area contributed by atoms with E-state index in [9.17, 15) is 4.79 Å². The fraction of sp³-hybridized carbons (Fsp3) is 0.333. The zero-order chi connectivity index (χ0) is 19.5. The van der Waals surface area contributed by atoms with Gasteiger partial charge in [-0.1, -0.05) is 35.5 Å². The van der Waals surface area contributed by atoms with E-state index in [0.717, 1.165) is 18.4 Å². The van der Waals surface area contributed by atoms with Crippen molar-refractivity contribution >= 4 is 12.1 Å². The molecule has 2 aromatic rings. The Morgan fingerprint density at radius 3 is 2.56 bits per heavy atom. The number of nitrogens with zero attached hydrogens (tertiary/aromatic N) is 1. The van der Waals surface area contributed by atoms with Crippen LogP contribution in [-0.2, 0) is 16.1 Å². The molecule has 0 aliphatic rings. The molecule has 0 aliphatic heterocycles. The van der Waals surface area contributed by atoms with Gasteiger partial charge < -0.3 is 19.6 Å². The minimum Gasteiger partial charge on any atom is -0.493 e. The van der Waals surface area contributed by atoms with E-state index in [0.29, 0.717) is 11.5 Å². The summed E-state index contributed by atoms with van der Waals surface area (Å²) in [5.74, 6) is 1.05. The lowest BCUT2D eigenvalue weighted by molar-refractivity contribution is -0.126. The van der Waals surface area contributed by atoms with Gasteiger partial charge >= 0.3 is 0 Å². The summed E-state index contributed by atoms with van der Waals surface area (Å²) in [6, 6.07) is 15.6. The number of hydrogen-bond donors (Lipinski definition) is 1. The molecule has 6 heteroatoms. The number of carbonyl (C=O) groups excluding carboxylic acids is 1. The summed E-state index contributed by atoms with van der Waals surface area (Å²) in [4.78, 5) is 17.0. The molecule has 2 aromatic carbocycles. The molecule has 0 unspecified atom stereocenters. The maximum absolute atomic E-state index is 11.9. The van der Waals surface area contributed by atoms with E-state index in [1.807, 2.05) is 31.2 Å². The van der Waals surface area contributed by atoms with Crippen LogP contribution in [0.1, 0.15) is 24.5 Å². The quantitative estimate of drug-likeness (QED) is 0.515. The Balaban J connectivity index is 1.71. The first-order valence-electron chi connectivity index (χ1n) is 8.83. The molecule has 6 nitrogen and oxygen atoms in total. The third kappa shape index (κ3) is 7.01. The van der Waals surface area contributed by atoms with E-state index >= 15 is 0 Å². The normalized spacial score (nSPS) is 11.8. The molecule has 0 spiro atoms. The fourth-order valence-electron chi connectivity index (χ4n) is 2.54. The number of hydrogen-bond acceptors (Lipinski definition) is 5. The molecule has 0 radical (unpaired) electrons. The Morgan fingerprint density at radius 1 is 1.11 bits per heavy atom. The number of methoxy groups -OCH3 is 2. The Kier molecular flexibility index (Phi) is 8.16. The summed E-state index contributed by atoms with van der Waals surface area (Å²) >= 11 is 0. The van der Waals surface area contributed by atoms with Gasteiger partial charge in [-0.15, -0.1) is 0 Å². The number of nitrogens with one attached hydrogen (secondary N) is 1. The van der Waals surface area contributed by atoms with Crippen LogP contribution in [0, 0.1) is 0 Å². The summed E-state index contributed by atoms with van der Waals surface area (Å²) in [6.07, 6.45) is 3.30. The van der Waals surface area contributed by atoms with Crippen LogP contribution in [0.15, 0.2) is 53.7 Å². The van der Waals surface area contributed by atoms with Crippen molar-refractivity contribution in [1.82, 2.24) is 5.32 Å². The fourth-order valence-corrected chi connectivity index (χ4v) is 2.54. The smallest absolute Gasteiger partial charge is 0.260 e. The van der Waals surface area contributed by atoms with Crippen molar-refractivity contribution in [1.29, 1.82) is 0 Å². The van der Waals surface area contributed by atoms with Gasteiger partial charge in [-0.2, -0.15) is 0 Å². The number of oxime groups is 1. The van der Waals surface area contributed by atoms with Gasteiger partial charge in [0.2, 0.25) is 0 Å². The Bertz CT molecular complexity index is 747. The molecular weight excluding hydrogens is 344 g/mol. The lowest BCUT2D eigenvalue weighted by atomic mass is 10.1. The van der Waals surface area contributed by atoms with Crippen LogP contribution in [0.3, 0.4) is 0 Å². The highest BCUT2D eigenvalue weighted by Gasteiger charge is 2.08. The Labute approximate surface area is 160 Å². The monoisotopic (exact) mass is 370 g/mol. The highest BCUT2D eigenvalue weighted by atomic mass is 16.6. The predicted octanol–water partition coefficient (Wildman–Crippen LogP) is 3.19. The zero-order valence-corrected chi connectivity index (χ0v) is 16.0. The van der Waals surface area contributed by atoms with Crippen LogP contribution in [-0.4, -0.2) is 39.0 Å². The lowest BCUT2D eigenvalue weighted by Crippen LogP contribution is -2.35. The predicted molar refractivity (Wildman–Crippen MR) is 105 cm³/mol. The standard InChI is InChI=1S/C21H26N2O4/c1-16(9-10-17-7-5-4-6-8-17)23-21(24)15-27-22-14-18-11-12-19(25-2)20(13-18)26-3/h4-8,11-14,16H,9-10,15H2,1-3H3,(H,23,24)/b22-14-/t16-/m1/s1. The van der Waals surface area contributed by atoms with Gasteiger partial charge in [-0.3, -0.25) is 4.79 Å². The van der Waals surface area contributed by atoms with E-state index in [4.69, 9.17) is 14.3 Å². The second-order valence-electron chi connectivity index (χ2n) is 6.12. The average Bonchev–Trinajstić information content (AvgIpc) is 2.70. The number of ether oxygens (including phenoxy) is 2. The van der Waals surface area contributed by atoms with Crippen molar-refractivity contribution in [2.45, 2.75) is 25.8 Å². The molecule has 27 heavy (non-hydrogen) atoms. The summed E-state index contributed by atoms with van der Waals surface area (Å²) in [5, 5.41) is 6.74. The number of carbonyl (C=O) groups is 1. The van der Waals surface area contributed by atoms with E-state index in [-0.39, 0.29) is 18.6 Å². The third-order valence-corrected chi connectivity index (χ3v) is 4.00. The first-order valence-corrected chi connectivity index (χ1v) is 8.83. The van der Waals surface area contributed by atoms with Gasteiger partial charge in [0.25, 0.3) is 5.91 Å². The second kappa shape index (κ2) is 10.9. The van der Waals surface area contributed by atoms with Crippen molar-refractivity contribution in [2.24, 2.45) is 5.16 Å². The van der Waals surface area contributed by atoms with E-state index in [1.54, 1.807) is 26.4 Å². The van der Waals surface area contributed by atoms with Crippen LogP contribution in [0.25, 0.3) is 0 Å². The highest BCUT2D eigenvalue weighted by molar-refractivity contribution is 5.81. The second-order valence-corrected chi connectivity index (χ2v) is 6.12. The van der Waals surface area contributed by atoms with Crippen molar-refractivity contribution in [3.8, 4) is 11.5 Å². The van der Waals surface area contributed by atoms with Crippen LogP contribution in [0.5, 0.6) is 11.5 Å². The van der Waals surface area contributed by atoms with Gasteiger partial charge in [0.05, 0.1) is 20.4 Å². The van der Waals surface area contributed by atoms with Crippen LogP contribution in [0.4, 0.5) is 0 Å². The van der Waals surface area contributed by atoms with Crippen LogP contribution in [0.2, 0.25) is 0 Å². The average molecular weight is 370 g/mol. The highest BCUT2D eigenvalue weighted by Crippen LogP contribution is 2.26. The maximum atomic E-state index is 11.9. The van der Waals surface area contributed by atoms with Crippen LogP contribution >= 0.6 is 0 Å². The SMILES string of the molecule is COc1ccc(/C=N\OCC(=O)N[C@H](C)CCc2ccccc2)cc1OC.